The molecule has 0 fully saturated rings. The Morgan fingerprint density at radius 3 is 2.00 bits per heavy atom. The fourth-order valence-electron chi connectivity index (χ4n) is 2.38. The monoisotopic (exact) mass is 346 g/mol. The average molecular weight is 346 g/mol. The maximum absolute atomic E-state index is 11.5. The molecule has 0 bridgehead atoms. The van der Waals surface area contributed by atoms with Crippen LogP contribution in [0.2, 0.25) is 0 Å². The van der Waals surface area contributed by atoms with E-state index in [0.29, 0.717) is 13.2 Å². The fourth-order valence-corrected chi connectivity index (χ4v) is 2.38. The van der Waals surface area contributed by atoms with Crippen molar-refractivity contribution in [1.82, 2.24) is 0 Å². The molecule has 0 amide bonds. The molecular formula is C21H30O4. The first kappa shape index (κ1) is 20.9. The zero-order valence-corrected chi connectivity index (χ0v) is 15.2. The van der Waals surface area contributed by atoms with E-state index in [-0.39, 0.29) is 0 Å². The zero-order valence-electron chi connectivity index (χ0n) is 15.2. The lowest BCUT2D eigenvalue weighted by molar-refractivity contribution is -0.140. The lowest BCUT2D eigenvalue weighted by Crippen LogP contribution is -2.06. The number of ether oxygens (including phenoxy) is 2. The topological polar surface area (TPSA) is 52.6 Å². The molecule has 0 spiro atoms. The summed E-state index contributed by atoms with van der Waals surface area (Å²) in [5.74, 6) is -1.00. The number of carbonyl (C=O) groups excluding carboxylic acids is 2. The average Bonchev–Trinajstić information content (AvgIpc) is 2.63. The molecule has 1 aromatic carbocycles. The third-order valence-electron chi connectivity index (χ3n) is 3.79. The summed E-state index contributed by atoms with van der Waals surface area (Å²) in [6.07, 6.45) is 10.7. The van der Waals surface area contributed by atoms with E-state index < -0.39 is 11.9 Å². The van der Waals surface area contributed by atoms with Gasteiger partial charge in [0.2, 0.25) is 0 Å². The Hall–Kier alpha value is -2.10. The van der Waals surface area contributed by atoms with E-state index >= 15 is 0 Å². The van der Waals surface area contributed by atoms with Crippen LogP contribution in [-0.2, 0) is 25.5 Å². The first-order valence-corrected chi connectivity index (χ1v) is 9.28. The second-order valence-electron chi connectivity index (χ2n) is 6.03. The number of hydrogen-bond acceptors (Lipinski definition) is 4. The number of carbonyl (C=O) groups is 2. The standard InChI is InChI=1S/C21H30O4/c1-2-3-4-5-6-10-17-24-20(22)15-16-21(23)25-18-11-14-19-12-8-7-9-13-19/h7-9,12-13,15-16H,2-6,10-11,14,17-18H2,1H3/b16-15+. The molecule has 0 aliphatic carbocycles. The first-order chi connectivity index (χ1) is 12.2. The second-order valence-corrected chi connectivity index (χ2v) is 6.03. The SMILES string of the molecule is CCCCCCCCOC(=O)/C=C/C(=O)OCCCc1ccccc1. The van der Waals surface area contributed by atoms with Crippen LogP contribution in [0.5, 0.6) is 0 Å². The van der Waals surface area contributed by atoms with Gasteiger partial charge in [-0.1, -0.05) is 69.4 Å². The summed E-state index contributed by atoms with van der Waals surface area (Å²) >= 11 is 0. The van der Waals surface area contributed by atoms with Crippen LogP contribution in [0.3, 0.4) is 0 Å². The summed E-state index contributed by atoms with van der Waals surface area (Å²) in [4.78, 5) is 23.0. The number of unbranched alkanes of at least 4 members (excludes halogenated alkanes) is 5. The quantitative estimate of drug-likeness (QED) is 0.297. The third-order valence-corrected chi connectivity index (χ3v) is 3.79. The lowest BCUT2D eigenvalue weighted by Gasteiger charge is -2.03. The van der Waals surface area contributed by atoms with E-state index in [1.807, 2.05) is 30.3 Å². The van der Waals surface area contributed by atoms with Gasteiger partial charge in [0.1, 0.15) is 0 Å². The van der Waals surface area contributed by atoms with E-state index in [2.05, 4.69) is 6.92 Å². The molecule has 0 radical (unpaired) electrons. The normalized spacial score (nSPS) is 10.8. The molecule has 0 heterocycles. The van der Waals surface area contributed by atoms with Crippen molar-refractivity contribution in [2.75, 3.05) is 13.2 Å². The molecule has 4 heteroatoms. The van der Waals surface area contributed by atoms with E-state index in [4.69, 9.17) is 9.47 Å². The summed E-state index contributed by atoms with van der Waals surface area (Å²) in [5, 5.41) is 0. The van der Waals surface area contributed by atoms with Crippen LogP contribution in [0.25, 0.3) is 0 Å². The van der Waals surface area contributed by atoms with E-state index in [1.54, 1.807) is 0 Å². The minimum atomic E-state index is -0.510. The number of rotatable bonds is 13. The largest absolute Gasteiger partial charge is 0.463 e. The molecule has 4 nitrogen and oxygen atoms in total. The van der Waals surface area contributed by atoms with Crippen LogP contribution in [0.4, 0.5) is 0 Å². The molecule has 0 N–H and O–H groups in total. The van der Waals surface area contributed by atoms with Gasteiger partial charge in [0, 0.05) is 12.2 Å². The van der Waals surface area contributed by atoms with Crippen molar-refractivity contribution in [2.45, 2.75) is 58.3 Å². The lowest BCUT2D eigenvalue weighted by atomic mass is 10.1. The van der Waals surface area contributed by atoms with Crippen molar-refractivity contribution in [3.8, 4) is 0 Å². The Kier molecular flexibility index (Phi) is 11.9. The Morgan fingerprint density at radius 2 is 1.36 bits per heavy atom. The Bertz CT molecular complexity index is 508. The van der Waals surface area contributed by atoms with Crippen molar-refractivity contribution in [3.63, 3.8) is 0 Å². The van der Waals surface area contributed by atoms with Gasteiger partial charge in [-0.2, -0.15) is 0 Å². The van der Waals surface area contributed by atoms with Gasteiger partial charge in [-0.25, -0.2) is 9.59 Å². The van der Waals surface area contributed by atoms with Crippen LogP contribution in [-0.4, -0.2) is 25.2 Å². The zero-order chi connectivity index (χ0) is 18.2. The minimum Gasteiger partial charge on any atom is -0.463 e. The molecule has 0 aliphatic heterocycles. The third kappa shape index (κ3) is 12.0. The highest BCUT2D eigenvalue weighted by atomic mass is 16.5. The molecule has 0 saturated heterocycles. The van der Waals surface area contributed by atoms with Crippen LogP contribution >= 0.6 is 0 Å². The summed E-state index contributed by atoms with van der Waals surface area (Å²) in [6.45, 7) is 2.93. The van der Waals surface area contributed by atoms with Crippen LogP contribution in [0, 0.1) is 0 Å². The van der Waals surface area contributed by atoms with Gasteiger partial charge in [0.25, 0.3) is 0 Å². The number of esters is 2. The molecule has 1 aromatic rings. The highest BCUT2D eigenvalue weighted by molar-refractivity contribution is 5.91. The van der Waals surface area contributed by atoms with Gasteiger partial charge in [0.05, 0.1) is 13.2 Å². The molecular weight excluding hydrogens is 316 g/mol. The van der Waals surface area contributed by atoms with Crippen molar-refractivity contribution in [2.24, 2.45) is 0 Å². The van der Waals surface area contributed by atoms with Gasteiger partial charge in [0.15, 0.2) is 0 Å². The summed E-state index contributed by atoms with van der Waals surface area (Å²) in [7, 11) is 0. The van der Waals surface area contributed by atoms with E-state index in [0.717, 1.165) is 37.8 Å². The van der Waals surface area contributed by atoms with Crippen LogP contribution in [0.15, 0.2) is 42.5 Å². The van der Waals surface area contributed by atoms with Gasteiger partial charge in [-0.3, -0.25) is 0 Å². The first-order valence-electron chi connectivity index (χ1n) is 9.28. The van der Waals surface area contributed by atoms with Gasteiger partial charge in [-0.05, 0) is 24.8 Å². The summed E-state index contributed by atoms with van der Waals surface area (Å²) in [5.41, 5.74) is 1.22. The predicted molar refractivity (Wildman–Crippen MR) is 99.2 cm³/mol. The molecule has 0 unspecified atom stereocenters. The van der Waals surface area contributed by atoms with Crippen molar-refractivity contribution >= 4 is 11.9 Å². The molecule has 0 aliphatic rings. The van der Waals surface area contributed by atoms with Crippen molar-refractivity contribution < 1.29 is 19.1 Å². The van der Waals surface area contributed by atoms with Gasteiger partial charge < -0.3 is 9.47 Å². The van der Waals surface area contributed by atoms with E-state index in [1.165, 1.54) is 31.2 Å². The molecule has 138 valence electrons. The maximum Gasteiger partial charge on any atom is 0.331 e. The Balaban J connectivity index is 2.02. The number of aryl methyl sites for hydroxylation is 1. The second kappa shape index (κ2) is 14.3. The molecule has 0 aromatic heterocycles. The minimum absolute atomic E-state index is 0.338. The maximum atomic E-state index is 11.5. The molecule has 25 heavy (non-hydrogen) atoms. The summed E-state index contributed by atoms with van der Waals surface area (Å²) < 4.78 is 10.1. The smallest absolute Gasteiger partial charge is 0.331 e. The van der Waals surface area contributed by atoms with Gasteiger partial charge in [-0.15, -0.1) is 0 Å². The fraction of sp³-hybridized carbons (Fsp3) is 0.524. The van der Waals surface area contributed by atoms with Gasteiger partial charge >= 0.3 is 11.9 Å². The molecule has 1 rings (SSSR count). The molecule has 0 atom stereocenters. The Morgan fingerprint density at radius 1 is 0.800 bits per heavy atom. The highest BCUT2D eigenvalue weighted by Gasteiger charge is 2.01. The van der Waals surface area contributed by atoms with Crippen LogP contribution in [0.1, 0.15) is 57.4 Å². The van der Waals surface area contributed by atoms with E-state index in [9.17, 15) is 9.59 Å². The van der Waals surface area contributed by atoms with Crippen molar-refractivity contribution in [3.05, 3.63) is 48.0 Å². The predicted octanol–water partition coefficient (Wildman–Crippen LogP) is 4.62. The summed E-state index contributed by atoms with van der Waals surface area (Å²) in [6, 6.07) is 10.0. The van der Waals surface area contributed by atoms with Crippen molar-refractivity contribution in [1.29, 1.82) is 0 Å². The molecule has 0 saturated carbocycles. The number of hydrogen-bond donors (Lipinski definition) is 0. The Labute approximate surface area is 151 Å². The number of benzene rings is 1. The highest BCUT2D eigenvalue weighted by Crippen LogP contribution is 2.05. The van der Waals surface area contributed by atoms with Crippen LogP contribution < -0.4 is 0 Å².